The van der Waals surface area contributed by atoms with E-state index in [2.05, 4.69) is 19.2 Å². The van der Waals surface area contributed by atoms with Crippen LogP contribution in [0, 0.1) is 11.2 Å². The standard InChI is InChI=1S/C15H22FNO2S/c1-15(2)8-6-11(7-9-15)17-14-10-12(20(3,18)19)4-5-13(14)16/h4-5,10-11,17H,6-9H2,1-3H3. The maximum Gasteiger partial charge on any atom is 0.175 e. The molecular formula is C15H22FNO2S. The summed E-state index contributed by atoms with van der Waals surface area (Å²) in [6, 6.07) is 4.13. The summed E-state index contributed by atoms with van der Waals surface area (Å²) in [5.74, 6) is -0.401. The summed E-state index contributed by atoms with van der Waals surface area (Å²) < 4.78 is 36.9. The van der Waals surface area contributed by atoms with Crippen LogP contribution in [0.1, 0.15) is 39.5 Å². The van der Waals surface area contributed by atoms with E-state index < -0.39 is 15.7 Å². The summed E-state index contributed by atoms with van der Waals surface area (Å²) in [4.78, 5) is 0.150. The molecule has 1 fully saturated rings. The largest absolute Gasteiger partial charge is 0.380 e. The fraction of sp³-hybridized carbons (Fsp3) is 0.600. The second-order valence-corrected chi connectivity index (χ2v) is 8.51. The Balaban J connectivity index is 2.14. The molecule has 0 radical (unpaired) electrons. The first-order chi connectivity index (χ1) is 9.17. The number of hydrogen-bond acceptors (Lipinski definition) is 3. The van der Waals surface area contributed by atoms with Crippen LogP contribution in [0.3, 0.4) is 0 Å². The Bertz CT molecular complexity index is 586. The summed E-state index contributed by atoms with van der Waals surface area (Å²) in [6.45, 7) is 4.49. The maximum absolute atomic E-state index is 13.8. The van der Waals surface area contributed by atoms with Crippen molar-refractivity contribution in [2.24, 2.45) is 5.41 Å². The van der Waals surface area contributed by atoms with E-state index >= 15 is 0 Å². The molecule has 1 saturated carbocycles. The maximum atomic E-state index is 13.8. The molecule has 2 rings (SSSR count). The number of sulfone groups is 1. The van der Waals surface area contributed by atoms with E-state index in [1.54, 1.807) is 0 Å². The van der Waals surface area contributed by atoms with Crippen molar-refractivity contribution in [3.8, 4) is 0 Å². The summed E-state index contributed by atoms with van der Waals surface area (Å²) in [6.07, 6.45) is 5.29. The molecule has 0 aromatic heterocycles. The molecule has 0 heterocycles. The van der Waals surface area contributed by atoms with Crippen molar-refractivity contribution in [3.05, 3.63) is 24.0 Å². The van der Waals surface area contributed by atoms with Crippen LogP contribution in [-0.2, 0) is 9.84 Å². The van der Waals surface area contributed by atoms with Gasteiger partial charge in [-0.1, -0.05) is 13.8 Å². The van der Waals surface area contributed by atoms with Crippen LogP contribution in [0.15, 0.2) is 23.1 Å². The Kier molecular flexibility index (Phi) is 4.09. The average Bonchev–Trinajstić information content (AvgIpc) is 2.33. The zero-order chi connectivity index (χ0) is 15.0. The van der Waals surface area contributed by atoms with Gasteiger partial charge in [-0.25, -0.2) is 12.8 Å². The third kappa shape index (κ3) is 3.72. The monoisotopic (exact) mass is 299 g/mol. The molecule has 1 aliphatic rings. The molecule has 0 aliphatic heterocycles. The van der Waals surface area contributed by atoms with Gasteiger partial charge in [0.05, 0.1) is 10.6 Å². The number of rotatable bonds is 3. The van der Waals surface area contributed by atoms with Crippen LogP contribution in [-0.4, -0.2) is 20.7 Å². The molecule has 0 saturated heterocycles. The zero-order valence-electron chi connectivity index (χ0n) is 12.2. The van der Waals surface area contributed by atoms with E-state index in [9.17, 15) is 12.8 Å². The smallest absolute Gasteiger partial charge is 0.175 e. The molecule has 0 bridgehead atoms. The van der Waals surface area contributed by atoms with Crippen molar-refractivity contribution in [1.82, 2.24) is 0 Å². The van der Waals surface area contributed by atoms with Crippen LogP contribution in [0.5, 0.6) is 0 Å². The predicted molar refractivity (Wildman–Crippen MR) is 79.2 cm³/mol. The molecule has 1 N–H and O–H groups in total. The molecule has 0 amide bonds. The molecule has 20 heavy (non-hydrogen) atoms. The van der Waals surface area contributed by atoms with Crippen molar-refractivity contribution in [2.45, 2.75) is 50.5 Å². The van der Waals surface area contributed by atoms with Crippen molar-refractivity contribution in [2.75, 3.05) is 11.6 Å². The highest BCUT2D eigenvalue weighted by Gasteiger charge is 2.27. The van der Waals surface area contributed by atoms with E-state index in [1.165, 1.54) is 18.2 Å². The average molecular weight is 299 g/mol. The van der Waals surface area contributed by atoms with Gasteiger partial charge in [0.15, 0.2) is 9.84 Å². The molecule has 0 atom stereocenters. The molecule has 0 unspecified atom stereocenters. The number of halogens is 1. The molecule has 0 spiro atoms. The Labute approximate surface area is 120 Å². The highest BCUT2D eigenvalue weighted by atomic mass is 32.2. The highest BCUT2D eigenvalue weighted by molar-refractivity contribution is 7.90. The lowest BCUT2D eigenvalue weighted by atomic mass is 9.75. The second kappa shape index (κ2) is 5.35. The summed E-state index contributed by atoms with van der Waals surface area (Å²) in [5, 5.41) is 3.16. The third-order valence-electron chi connectivity index (χ3n) is 4.06. The van der Waals surface area contributed by atoms with E-state index in [0.717, 1.165) is 31.9 Å². The predicted octanol–water partition coefficient (Wildman–Crippen LogP) is 3.61. The van der Waals surface area contributed by atoms with E-state index in [0.29, 0.717) is 5.41 Å². The van der Waals surface area contributed by atoms with Gasteiger partial charge in [-0.05, 0) is 49.3 Å². The van der Waals surface area contributed by atoms with Gasteiger partial charge >= 0.3 is 0 Å². The molecule has 1 aliphatic carbocycles. The fourth-order valence-electron chi connectivity index (χ4n) is 2.61. The zero-order valence-corrected chi connectivity index (χ0v) is 13.1. The molecule has 112 valence electrons. The Morgan fingerprint density at radius 2 is 1.85 bits per heavy atom. The lowest BCUT2D eigenvalue weighted by Gasteiger charge is -2.35. The third-order valence-corrected chi connectivity index (χ3v) is 5.17. The summed E-state index contributed by atoms with van der Waals surface area (Å²) in [7, 11) is -3.31. The molecule has 3 nitrogen and oxygen atoms in total. The summed E-state index contributed by atoms with van der Waals surface area (Å²) >= 11 is 0. The van der Waals surface area contributed by atoms with Crippen LogP contribution in [0.4, 0.5) is 10.1 Å². The van der Waals surface area contributed by atoms with Crippen molar-refractivity contribution >= 4 is 15.5 Å². The minimum atomic E-state index is -3.31. The van der Waals surface area contributed by atoms with E-state index in [-0.39, 0.29) is 16.6 Å². The number of anilines is 1. The van der Waals surface area contributed by atoms with E-state index in [4.69, 9.17) is 0 Å². The highest BCUT2D eigenvalue weighted by Crippen LogP contribution is 2.36. The normalized spacial score (nSPS) is 19.8. The number of benzene rings is 1. The van der Waals surface area contributed by atoms with Crippen LogP contribution >= 0.6 is 0 Å². The Morgan fingerprint density at radius 3 is 2.40 bits per heavy atom. The van der Waals surface area contributed by atoms with Crippen LogP contribution < -0.4 is 5.32 Å². The van der Waals surface area contributed by atoms with Gasteiger partial charge in [0.2, 0.25) is 0 Å². The molecule has 5 heteroatoms. The quantitative estimate of drug-likeness (QED) is 0.867. The van der Waals surface area contributed by atoms with Gasteiger partial charge < -0.3 is 5.32 Å². The summed E-state index contributed by atoms with van der Waals surface area (Å²) in [5.41, 5.74) is 0.642. The number of nitrogens with one attached hydrogen (secondary N) is 1. The second-order valence-electron chi connectivity index (χ2n) is 6.50. The minimum Gasteiger partial charge on any atom is -0.380 e. The van der Waals surface area contributed by atoms with Crippen molar-refractivity contribution in [1.29, 1.82) is 0 Å². The topological polar surface area (TPSA) is 46.2 Å². The minimum absolute atomic E-state index is 0.150. The SMILES string of the molecule is CC1(C)CCC(Nc2cc(S(C)(=O)=O)ccc2F)CC1. The first-order valence-electron chi connectivity index (χ1n) is 6.94. The van der Waals surface area contributed by atoms with Gasteiger partial charge in [0, 0.05) is 12.3 Å². The molecule has 1 aromatic carbocycles. The van der Waals surface area contributed by atoms with Crippen molar-refractivity contribution in [3.63, 3.8) is 0 Å². The lowest BCUT2D eigenvalue weighted by molar-refractivity contribution is 0.232. The van der Waals surface area contributed by atoms with Gasteiger partial charge in [-0.15, -0.1) is 0 Å². The molecular weight excluding hydrogens is 277 g/mol. The van der Waals surface area contributed by atoms with Gasteiger partial charge in [0.1, 0.15) is 5.82 Å². The number of hydrogen-bond donors (Lipinski definition) is 1. The first kappa shape index (κ1) is 15.3. The van der Waals surface area contributed by atoms with E-state index in [1.807, 2.05) is 0 Å². The Hall–Kier alpha value is -1.10. The molecule has 1 aromatic rings. The van der Waals surface area contributed by atoms with Crippen LogP contribution in [0.25, 0.3) is 0 Å². The van der Waals surface area contributed by atoms with Crippen molar-refractivity contribution < 1.29 is 12.8 Å². The Morgan fingerprint density at radius 1 is 1.25 bits per heavy atom. The lowest BCUT2D eigenvalue weighted by Crippen LogP contribution is -2.30. The van der Waals surface area contributed by atoms with Gasteiger partial charge in [-0.2, -0.15) is 0 Å². The fourth-order valence-corrected chi connectivity index (χ4v) is 3.26. The van der Waals surface area contributed by atoms with Crippen LogP contribution in [0.2, 0.25) is 0 Å². The van der Waals surface area contributed by atoms with Gasteiger partial charge in [-0.3, -0.25) is 0 Å². The first-order valence-corrected chi connectivity index (χ1v) is 8.83. The van der Waals surface area contributed by atoms with Gasteiger partial charge in [0.25, 0.3) is 0 Å².